The molecule has 1 aliphatic rings. The van der Waals surface area contributed by atoms with Crippen molar-refractivity contribution >= 4 is 11.6 Å². The Kier molecular flexibility index (Phi) is 4.02. The van der Waals surface area contributed by atoms with Crippen molar-refractivity contribution in [1.82, 2.24) is 5.32 Å². The van der Waals surface area contributed by atoms with E-state index in [-0.39, 0.29) is 23.2 Å². The van der Waals surface area contributed by atoms with Crippen LogP contribution in [0.4, 0.5) is 5.69 Å². The van der Waals surface area contributed by atoms with E-state index in [4.69, 9.17) is 4.74 Å². The maximum absolute atomic E-state index is 11.9. The molecule has 0 aliphatic carbocycles. The average Bonchev–Trinajstić information content (AvgIpc) is 2.58. The van der Waals surface area contributed by atoms with Gasteiger partial charge in [0.05, 0.1) is 17.2 Å². The van der Waals surface area contributed by atoms with Gasteiger partial charge in [-0.1, -0.05) is 6.07 Å². The average molecular weight is 290 g/mol. The zero-order valence-electron chi connectivity index (χ0n) is 13.8. The normalized spacial score (nSPS) is 22.9. The predicted octanol–water partition coefficient (Wildman–Crippen LogP) is 3.11. The van der Waals surface area contributed by atoms with Gasteiger partial charge in [-0.3, -0.25) is 4.79 Å². The summed E-state index contributed by atoms with van der Waals surface area (Å²) in [5, 5.41) is 6.25. The highest BCUT2D eigenvalue weighted by Crippen LogP contribution is 2.39. The Balaban J connectivity index is 2.27. The van der Waals surface area contributed by atoms with E-state index in [9.17, 15) is 4.79 Å². The van der Waals surface area contributed by atoms with Gasteiger partial charge in [0.25, 0.3) is 5.91 Å². The van der Waals surface area contributed by atoms with Crippen LogP contribution in [0.2, 0.25) is 0 Å². The molecule has 0 spiro atoms. The summed E-state index contributed by atoms with van der Waals surface area (Å²) in [6, 6.07) is 5.99. The molecule has 1 aromatic rings. The monoisotopic (exact) mass is 290 g/mol. The molecule has 1 atom stereocenters. The maximum atomic E-state index is 11.9. The Morgan fingerprint density at radius 2 is 1.95 bits per heavy atom. The van der Waals surface area contributed by atoms with Crippen molar-refractivity contribution in [2.45, 2.75) is 58.3 Å². The topological polar surface area (TPSA) is 50.4 Å². The summed E-state index contributed by atoms with van der Waals surface area (Å²) in [5.41, 5.74) is 2.30. The first-order chi connectivity index (χ1) is 9.66. The molecule has 1 unspecified atom stereocenters. The largest absolute Gasteiger partial charge is 0.379 e. The lowest BCUT2D eigenvalue weighted by Crippen LogP contribution is -2.38. The number of carbonyl (C=O) groups excluding carboxylic acids is 1. The van der Waals surface area contributed by atoms with Crippen LogP contribution in [0.5, 0.6) is 0 Å². The van der Waals surface area contributed by atoms with Crippen LogP contribution >= 0.6 is 0 Å². The molecule has 116 valence electrons. The fraction of sp³-hybridized carbons (Fsp3) is 0.588. The number of nitrogens with one attached hydrogen (secondary N) is 2. The number of rotatable bonds is 3. The SMILES string of the molecule is CNC(=O)c1cccc(NC2CC(C)(C)OC2(C)C)c1C. The molecule has 21 heavy (non-hydrogen) atoms. The van der Waals surface area contributed by atoms with Crippen LogP contribution in [0.1, 0.15) is 50.0 Å². The van der Waals surface area contributed by atoms with E-state index in [1.807, 2.05) is 25.1 Å². The van der Waals surface area contributed by atoms with Gasteiger partial charge in [-0.05, 0) is 58.7 Å². The van der Waals surface area contributed by atoms with E-state index < -0.39 is 0 Å². The molecule has 1 saturated heterocycles. The van der Waals surface area contributed by atoms with Gasteiger partial charge in [-0.2, -0.15) is 0 Å². The third-order valence-corrected chi connectivity index (χ3v) is 4.21. The molecule has 4 nitrogen and oxygen atoms in total. The standard InChI is InChI=1S/C17H26N2O2/c1-11-12(15(20)18-6)8-7-9-13(11)19-14-10-16(2,3)21-17(14,4)5/h7-9,14,19H,10H2,1-6H3,(H,18,20). The molecule has 1 heterocycles. The Morgan fingerprint density at radius 3 is 2.48 bits per heavy atom. The predicted molar refractivity (Wildman–Crippen MR) is 85.8 cm³/mol. The van der Waals surface area contributed by atoms with Crippen molar-refractivity contribution in [3.63, 3.8) is 0 Å². The van der Waals surface area contributed by atoms with Crippen LogP contribution in [0.25, 0.3) is 0 Å². The molecule has 0 aromatic heterocycles. The van der Waals surface area contributed by atoms with Crippen LogP contribution in [-0.4, -0.2) is 30.2 Å². The fourth-order valence-electron chi connectivity index (χ4n) is 3.15. The molecule has 2 rings (SSSR count). The number of benzene rings is 1. The minimum atomic E-state index is -0.237. The molecule has 1 aromatic carbocycles. The first-order valence-electron chi connectivity index (χ1n) is 7.45. The van der Waals surface area contributed by atoms with E-state index in [0.29, 0.717) is 5.56 Å². The van der Waals surface area contributed by atoms with Gasteiger partial charge in [0.2, 0.25) is 0 Å². The second kappa shape index (κ2) is 5.34. The van der Waals surface area contributed by atoms with Crippen LogP contribution in [0.3, 0.4) is 0 Å². The molecule has 0 bridgehead atoms. The third kappa shape index (κ3) is 3.21. The van der Waals surface area contributed by atoms with Crippen LogP contribution < -0.4 is 10.6 Å². The van der Waals surface area contributed by atoms with Crippen LogP contribution in [0.15, 0.2) is 18.2 Å². The second-order valence-electron chi connectivity index (χ2n) is 6.92. The van der Waals surface area contributed by atoms with Crippen molar-refractivity contribution in [1.29, 1.82) is 0 Å². The number of hydrogen-bond donors (Lipinski definition) is 2. The number of amides is 1. The van der Waals surface area contributed by atoms with Crippen molar-refractivity contribution in [3.8, 4) is 0 Å². The lowest BCUT2D eigenvalue weighted by Gasteiger charge is -2.29. The molecular weight excluding hydrogens is 264 g/mol. The third-order valence-electron chi connectivity index (χ3n) is 4.21. The van der Waals surface area contributed by atoms with Gasteiger partial charge >= 0.3 is 0 Å². The summed E-state index contributed by atoms with van der Waals surface area (Å²) in [5.74, 6) is -0.0570. The fourth-order valence-corrected chi connectivity index (χ4v) is 3.15. The van der Waals surface area contributed by atoms with Crippen molar-refractivity contribution < 1.29 is 9.53 Å². The van der Waals surface area contributed by atoms with E-state index in [1.165, 1.54) is 0 Å². The Morgan fingerprint density at radius 1 is 1.29 bits per heavy atom. The van der Waals surface area contributed by atoms with E-state index >= 15 is 0 Å². The molecule has 4 heteroatoms. The molecule has 0 radical (unpaired) electrons. The summed E-state index contributed by atoms with van der Waals surface area (Å²) in [6.07, 6.45) is 0.934. The van der Waals surface area contributed by atoms with E-state index in [1.54, 1.807) is 7.05 Å². The second-order valence-corrected chi connectivity index (χ2v) is 6.92. The minimum absolute atomic E-state index is 0.0570. The molecule has 1 fully saturated rings. The molecule has 2 N–H and O–H groups in total. The first kappa shape index (κ1) is 15.8. The van der Waals surface area contributed by atoms with Gasteiger partial charge in [0, 0.05) is 18.3 Å². The minimum Gasteiger partial charge on any atom is -0.379 e. The Labute approximate surface area is 127 Å². The summed E-state index contributed by atoms with van der Waals surface area (Å²) in [7, 11) is 1.65. The zero-order chi connectivity index (χ0) is 15.8. The van der Waals surface area contributed by atoms with Gasteiger partial charge in [0.1, 0.15) is 0 Å². The summed E-state index contributed by atoms with van der Waals surface area (Å²) < 4.78 is 6.12. The number of carbonyl (C=O) groups is 1. The summed E-state index contributed by atoms with van der Waals surface area (Å²) >= 11 is 0. The van der Waals surface area contributed by atoms with E-state index in [2.05, 4.69) is 38.3 Å². The van der Waals surface area contributed by atoms with Crippen molar-refractivity contribution in [2.24, 2.45) is 0 Å². The Bertz CT molecular complexity index is 550. The van der Waals surface area contributed by atoms with Crippen molar-refractivity contribution in [2.75, 3.05) is 12.4 Å². The first-order valence-corrected chi connectivity index (χ1v) is 7.45. The van der Waals surface area contributed by atoms with Crippen molar-refractivity contribution in [3.05, 3.63) is 29.3 Å². The summed E-state index contributed by atoms with van der Waals surface area (Å²) in [4.78, 5) is 11.9. The van der Waals surface area contributed by atoms with Gasteiger partial charge in [-0.25, -0.2) is 0 Å². The molecule has 0 saturated carbocycles. The molecular formula is C17H26N2O2. The van der Waals surface area contributed by atoms with E-state index in [0.717, 1.165) is 17.7 Å². The maximum Gasteiger partial charge on any atom is 0.251 e. The number of hydrogen-bond acceptors (Lipinski definition) is 3. The quantitative estimate of drug-likeness (QED) is 0.899. The van der Waals surface area contributed by atoms with Crippen LogP contribution in [-0.2, 0) is 4.74 Å². The number of anilines is 1. The Hall–Kier alpha value is -1.55. The van der Waals surface area contributed by atoms with Gasteiger partial charge in [-0.15, -0.1) is 0 Å². The van der Waals surface area contributed by atoms with Crippen LogP contribution in [0, 0.1) is 6.92 Å². The number of ether oxygens (including phenoxy) is 1. The zero-order valence-corrected chi connectivity index (χ0v) is 13.8. The van der Waals surface area contributed by atoms with Gasteiger partial charge < -0.3 is 15.4 Å². The highest BCUT2D eigenvalue weighted by molar-refractivity contribution is 5.96. The van der Waals surface area contributed by atoms with Gasteiger partial charge in [0.15, 0.2) is 0 Å². The molecule has 1 amide bonds. The lowest BCUT2D eigenvalue weighted by molar-refractivity contribution is -0.0662. The summed E-state index contributed by atoms with van der Waals surface area (Å²) in [6.45, 7) is 10.4. The molecule has 1 aliphatic heterocycles. The highest BCUT2D eigenvalue weighted by Gasteiger charge is 2.45. The smallest absolute Gasteiger partial charge is 0.251 e. The highest BCUT2D eigenvalue weighted by atomic mass is 16.5. The lowest BCUT2D eigenvalue weighted by atomic mass is 9.93.